The number of hydrazone groups is 1. The summed E-state index contributed by atoms with van der Waals surface area (Å²) in [4.78, 5) is 12.4. The zero-order valence-corrected chi connectivity index (χ0v) is 22.7. The number of amides is 1. The van der Waals surface area contributed by atoms with E-state index in [1.54, 1.807) is 25.3 Å². The van der Waals surface area contributed by atoms with Gasteiger partial charge in [-0.25, -0.2) is 5.43 Å². The number of benzene rings is 2. The van der Waals surface area contributed by atoms with Crippen LogP contribution in [0.2, 0.25) is 0 Å². The van der Waals surface area contributed by atoms with Gasteiger partial charge in [-0.15, -0.1) is 0 Å². The standard InChI is InChI=1S/C28H28BrN3O5/c1-5-35-27-24(29)14-20(15-26(27)34-4)16-30-31-28(33)25-13-12-23(37-25)17-36-22-10-8-21(9-11-22)32-18(2)6-7-19(32)3/h6-16H,5,17H2,1-4H3,(H,31,33)/b30-16+. The van der Waals surface area contributed by atoms with E-state index in [1.165, 1.54) is 17.6 Å². The quantitative estimate of drug-likeness (QED) is 0.183. The second-order valence-corrected chi connectivity index (χ2v) is 9.02. The minimum absolute atomic E-state index is 0.134. The highest BCUT2D eigenvalue weighted by Crippen LogP contribution is 2.36. The first-order valence-corrected chi connectivity index (χ1v) is 12.5. The lowest BCUT2D eigenvalue weighted by Crippen LogP contribution is -2.16. The van der Waals surface area contributed by atoms with Crippen molar-refractivity contribution in [2.24, 2.45) is 5.10 Å². The fourth-order valence-corrected chi connectivity index (χ4v) is 4.39. The van der Waals surface area contributed by atoms with Gasteiger partial charge in [0.15, 0.2) is 17.3 Å². The van der Waals surface area contributed by atoms with Crippen molar-refractivity contribution in [3.63, 3.8) is 0 Å². The molecule has 0 bridgehead atoms. The fourth-order valence-electron chi connectivity index (χ4n) is 3.82. The van der Waals surface area contributed by atoms with Crippen LogP contribution in [0, 0.1) is 13.8 Å². The maximum absolute atomic E-state index is 12.4. The highest BCUT2D eigenvalue weighted by atomic mass is 79.9. The van der Waals surface area contributed by atoms with Gasteiger partial charge in [-0.3, -0.25) is 4.79 Å². The van der Waals surface area contributed by atoms with Crippen LogP contribution in [-0.4, -0.2) is 30.4 Å². The summed E-state index contributed by atoms with van der Waals surface area (Å²) in [7, 11) is 1.56. The molecule has 192 valence electrons. The monoisotopic (exact) mass is 565 g/mol. The van der Waals surface area contributed by atoms with Gasteiger partial charge in [0.2, 0.25) is 0 Å². The van der Waals surface area contributed by atoms with E-state index in [2.05, 4.69) is 57.0 Å². The van der Waals surface area contributed by atoms with Crippen LogP contribution in [-0.2, 0) is 6.61 Å². The Bertz CT molecular complexity index is 1390. The summed E-state index contributed by atoms with van der Waals surface area (Å²) in [5.41, 5.74) is 6.59. The molecule has 1 N–H and O–H groups in total. The first-order valence-electron chi connectivity index (χ1n) is 11.7. The van der Waals surface area contributed by atoms with Crippen LogP contribution in [0.5, 0.6) is 17.2 Å². The number of carbonyl (C=O) groups is 1. The number of nitrogens with zero attached hydrogens (tertiary/aromatic N) is 2. The predicted octanol–water partition coefficient (Wildman–Crippen LogP) is 6.20. The van der Waals surface area contributed by atoms with Crippen molar-refractivity contribution in [3.8, 4) is 22.9 Å². The van der Waals surface area contributed by atoms with Crippen molar-refractivity contribution in [2.75, 3.05) is 13.7 Å². The third kappa shape index (κ3) is 6.24. The van der Waals surface area contributed by atoms with E-state index in [1.807, 2.05) is 37.3 Å². The number of halogens is 1. The molecule has 0 saturated carbocycles. The van der Waals surface area contributed by atoms with Gasteiger partial charge in [0.05, 0.1) is 24.4 Å². The lowest BCUT2D eigenvalue weighted by molar-refractivity contribution is 0.0923. The van der Waals surface area contributed by atoms with Gasteiger partial charge in [-0.1, -0.05) is 0 Å². The molecule has 2 heterocycles. The third-order valence-electron chi connectivity index (χ3n) is 5.55. The van der Waals surface area contributed by atoms with Crippen LogP contribution < -0.4 is 19.6 Å². The molecule has 37 heavy (non-hydrogen) atoms. The maximum atomic E-state index is 12.4. The van der Waals surface area contributed by atoms with Crippen LogP contribution in [0.15, 0.2) is 74.7 Å². The van der Waals surface area contributed by atoms with Crippen molar-refractivity contribution < 1.29 is 23.4 Å². The van der Waals surface area contributed by atoms with Gasteiger partial charge in [-0.05, 0) is 103 Å². The molecule has 0 atom stereocenters. The van der Waals surface area contributed by atoms with Crippen LogP contribution in [0.3, 0.4) is 0 Å². The van der Waals surface area contributed by atoms with Crippen molar-refractivity contribution in [1.29, 1.82) is 0 Å². The van der Waals surface area contributed by atoms with Gasteiger partial charge in [0, 0.05) is 17.1 Å². The largest absolute Gasteiger partial charge is 0.493 e. The highest BCUT2D eigenvalue weighted by molar-refractivity contribution is 9.10. The van der Waals surface area contributed by atoms with E-state index < -0.39 is 5.91 Å². The molecule has 0 aliphatic rings. The van der Waals surface area contributed by atoms with E-state index in [0.29, 0.717) is 35.2 Å². The minimum atomic E-state index is -0.471. The number of rotatable bonds is 10. The Hall–Kier alpha value is -3.98. The van der Waals surface area contributed by atoms with Gasteiger partial charge in [0.1, 0.15) is 18.1 Å². The molecule has 0 unspecified atom stereocenters. The van der Waals surface area contributed by atoms with E-state index in [0.717, 1.165) is 10.2 Å². The van der Waals surface area contributed by atoms with Crippen LogP contribution in [0.4, 0.5) is 0 Å². The Morgan fingerprint density at radius 3 is 2.46 bits per heavy atom. The highest BCUT2D eigenvalue weighted by Gasteiger charge is 2.13. The minimum Gasteiger partial charge on any atom is -0.493 e. The molecule has 0 radical (unpaired) electrons. The molecular weight excluding hydrogens is 538 g/mol. The van der Waals surface area contributed by atoms with Crippen molar-refractivity contribution >= 4 is 28.1 Å². The molecule has 0 spiro atoms. The molecule has 0 aliphatic carbocycles. The number of hydrogen-bond acceptors (Lipinski definition) is 6. The number of hydrogen-bond donors (Lipinski definition) is 1. The molecule has 8 nitrogen and oxygen atoms in total. The van der Waals surface area contributed by atoms with Crippen molar-refractivity contribution in [3.05, 3.63) is 93.6 Å². The lowest BCUT2D eigenvalue weighted by Gasteiger charge is -2.11. The van der Waals surface area contributed by atoms with Crippen molar-refractivity contribution in [2.45, 2.75) is 27.4 Å². The average molecular weight is 566 g/mol. The first kappa shape index (κ1) is 26.1. The number of nitrogens with one attached hydrogen (secondary N) is 1. The molecule has 2 aromatic heterocycles. The Morgan fingerprint density at radius 2 is 1.78 bits per heavy atom. The number of furan rings is 1. The number of aromatic nitrogens is 1. The fraction of sp³-hybridized carbons (Fsp3) is 0.214. The van der Waals surface area contributed by atoms with Crippen molar-refractivity contribution in [1.82, 2.24) is 9.99 Å². The van der Waals surface area contributed by atoms with Gasteiger partial charge in [0.25, 0.3) is 0 Å². The Morgan fingerprint density at radius 1 is 1.05 bits per heavy atom. The molecule has 4 rings (SSSR count). The lowest BCUT2D eigenvalue weighted by atomic mass is 10.2. The number of methoxy groups -OCH3 is 1. The van der Waals surface area contributed by atoms with E-state index in [9.17, 15) is 4.79 Å². The van der Waals surface area contributed by atoms with Crippen LogP contribution in [0.25, 0.3) is 5.69 Å². The second kappa shape index (κ2) is 11.8. The summed E-state index contributed by atoms with van der Waals surface area (Å²) >= 11 is 3.47. The third-order valence-corrected chi connectivity index (χ3v) is 6.14. The van der Waals surface area contributed by atoms with Crippen LogP contribution in [0.1, 0.15) is 40.2 Å². The molecule has 1 amide bonds. The van der Waals surface area contributed by atoms with Gasteiger partial charge >= 0.3 is 5.91 Å². The summed E-state index contributed by atoms with van der Waals surface area (Å²) in [6.45, 7) is 6.74. The number of ether oxygens (including phenoxy) is 3. The first-order chi connectivity index (χ1) is 17.9. The van der Waals surface area contributed by atoms with Crippen LogP contribution >= 0.6 is 15.9 Å². The summed E-state index contributed by atoms with van der Waals surface area (Å²) in [6.07, 6.45) is 1.51. The molecular formula is C28H28BrN3O5. The number of carbonyl (C=O) groups excluding carboxylic acids is 1. The molecule has 9 heteroatoms. The predicted molar refractivity (Wildman–Crippen MR) is 145 cm³/mol. The molecule has 4 aromatic rings. The molecule has 2 aromatic carbocycles. The van der Waals surface area contributed by atoms with E-state index >= 15 is 0 Å². The zero-order chi connectivity index (χ0) is 26.4. The van der Waals surface area contributed by atoms with Gasteiger partial charge in [-0.2, -0.15) is 5.10 Å². The Balaban J connectivity index is 1.32. The summed E-state index contributed by atoms with van der Waals surface area (Å²) in [5, 5.41) is 4.02. The Kier molecular flexibility index (Phi) is 8.35. The van der Waals surface area contributed by atoms with Gasteiger partial charge < -0.3 is 23.2 Å². The van der Waals surface area contributed by atoms with E-state index in [-0.39, 0.29) is 12.4 Å². The SMILES string of the molecule is CCOc1c(Br)cc(/C=N/NC(=O)c2ccc(COc3ccc(-n4c(C)ccc4C)cc3)o2)cc1OC. The zero-order valence-electron chi connectivity index (χ0n) is 21.1. The Labute approximate surface area is 224 Å². The smallest absolute Gasteiger partial charge is 0.307 e. The normalized spacial score (nSPS) is 11.1. The topological polar surface area (TPSA) is 87.2 Å². The molecule has 0 saturated heterocycles. The molecule has 0 fully saturated rings. The summed E-state index contributed by atoms with van der Waals surface area (Å²) < 4.78 is 25.3. The maximum Gasteiger partial charge on any atom is 0.307 e. The summed E-state index contributed by atoms with van der Waals surface area (Å²) in [5.74, 6) is 2.06. The van der Waals surface area contributed by atoms with E-state index in [4.69, 9.17) is 18.6 Å². The average Bonchev–Trinajstić information content (AvgIpc) is 3.50. The summed E-state index contributed by atoms with van der Waals surface area (Å²) in [6, 6.07) is 18.9. The molecule has 0 aliphatic heterocycles. The second-order valence-electron chi connectivity index (χ2n) is 8.17. The number of aryl methyl sites for hydroxylation is 2.